The Morgan fingerprint density at radius 3 is 2.52 bits per heavy atom. The van der Waals surface area contributed by atoms with Crippen molar-refractivity contribution in [3.8, 4) is 5.75 Å². The molecular formula is C19H23NO4S. The van der Waals surface area contributed by atoms with Crippen LogP contribution in [0.5, 0.6) is 5.75 Å². The molecule has 5 nitrogen and oxygen atoms in total. The molecule has 0 aromatic heterocycles. The van der Waals surface area contributed by atoms with Gasteiger partial charge in [-0.05, 0) is 48.7 Å². The molecule has 1 amide bonds. The second-order valence-corrected chi connectivity index (χ2v) is 9.27. The Labute approximate surface area is 148 Å². The molecule has 3 rings (SSSR count). The molecular weight excluding hydrogens is 338 g/mol. The predicted molar refractivity (Wildman–Crippen MR) is 98.7 cm³/mol. The molecule has 1 unspecified atom stereocenters. The maximum absolute atomic E-state index is 12.6. The van der Waals surface area contributed by atoms with Crippen molar-refractivity contribution in [3.63, 3.8) is 0 Å². The van der Waals surface area contributed by atoms with E-state index >= 15 is 0 Å². The van der Waals surface area contributed by atoms with Crippen LogP contribution in [0.4, 0.5) is 0 Å². The zero-order chi connectivity index (χ0) is 18.2. The van der Waals surface area contributed by atoms with Gasteiger partial charge in [0.2, 0.25) is 5.91 Å². The van der Waals surface area contributed by atoms with E-state index in [0.29, 0.717) is 6.42 Å². The van der Waals surface area contributed by atoms with Gasteiger partial charge in [0, 0.05) is 0 Å². The van der Waals surface area contributed by atoms with Crippen molar-refractivity contribution in [1.29, 1.82) is 0 Å². The normalized spacial score (nSPS) is 23.3. The number of nitrogens with one attached hydrogen (secondary N) is 1. The summed E-state index contributed by atoms with van der Waals surface area (Å²) in [4.78, 5) is 12.6. The number of benzene rings is 2. The summed E-state index contributed by atoms with van der Waals surface area (Å²) in [5.74, 6) is 0.437. The minimum Gasteiger partial charge on any atom is -0.497 e. The minimum atomic E-state index is -3.05. The summed E-state index contributed by atoms with van der Waals surface area (Å²) >= 11 is 0. The van der Waals surface area contributed by atoms with E-state index < -0.39 is 15.4 Å². The third-order valence-corrected chi connectivity index (χ3v) is 6.80. The first kappa shape index (κ1) is 17.7. The van der Waals surface area contributed by atoms with Crippen LogP contribution in [0.2, 0.25) is 0 Å². The summed E-state index contributed by atoms with van der Waals surface area (Å²) in [6.07, 6.45) is 0.464. The van der Waals surface area contributed by atoms with E-state index in [4.69, 9.17) is 4.74 Å². The first-order valence-electron chi connectivity index (χ1n) is 8.32. The summed E-state index contributed by atoms with van der Waals surface area (Å²) < 4.78 is 28.6. The SMILES string of the molecule is COc1ccc2cc([C@H](C)C(=O)NC3(C)CCS(=O)(=O)C3)ccc2c1. The molecule has 0 spiro atoms. The van der Waals surface area contributed by atoms with Crippen LogP contribution in [-0.4, -0.2) is 38.5 Å². The van der Waals surface area contributed by atoms with Gasteiger partial charge in [0.25, 0.3) is 0 Å². The molecule has 1 heterocycles. The monoisotopic (exact) mass is 361 g/mol. The third kappa shape index (κ3) is 3.79. The lowest BCUT2D eigenvalue weighted by Gasteiger charge is -2.26. The molecule has 6 heteroatoms. The highest BCUT2D eigenvalue weighted by molar-refractivity contribution is 7.91. The number of sulfone groups is 1. The molecule has 1 N–H and O–H groups in total. The van der Waals surface area contributed by atoms with Gasteiger partial charge in [-0.15, -0.1) is 0 Å². The van der Waals surface area contributed by atoms with E-state index in [0.717, 1.165) is 22.1 Å². The fourth-order valence-corrected chi connectivity index (χ4v) is 5.40. The van der Waals surface area contributed by atoms with E-state index in [2.05, 4.69) is 5.32 Å². The van der Waals surface area contributed by atoms with Gasteiger partial charge in [-0.3, -0.25) is 4.79 Å². The molecule has 2 atom stereocenters. The van der Waals surface area contributed by atoms with Crippen molar-refractivity contribution in [1.82, 2.24) is 5.32 Å². The van der Waals surface area contributed by atoms with Gasteiger partial charge in [-0.2, -0.15) is 0 Å². The topological polar surface area (TPSA) is 72.5 Å². The van der Waals surface area contributed by atoms with E-state index in [-0.39, 0.29) is 23.3 Å². The highest BCUT2D eigenvalue weighted by Crippen LogP contribution is 2.27. The van der Waals surface area contributed by atoms with Crippen LogP contribution in [0.15, 0.2) is 36.4 Å². The van der Waals surface area contributed by atoms with Crippen LogP contribution in [0.25, 0.3) is 10.8 Å². The number of carbonyl (C=O) groups is 1. The summed E-state index contributed by atoms with van der Waals surface area (Å²) in [6.45, 7) is 3.64. The van der Waals surface area contributed by atoms with Crippen molar-refractivity contribution in [2.45, 2.75) is 31.7 Å². The number of carbonyl (C=O) groups excluding carboxylic acids is 1. The lowest BCUT2D eigenvalue weighted by Crippen LogP contribution is -2.48. The van der Waals surface area contributed by atoms with E-state index in [1.807, 2.05) is 43.3 Å². The molecule has 0 aliphatic carbocycles. The lowest BCUT2D eigenvalue weighted by molar-refractivity contribution is -0.123. The second-order valence-electron chi connectivity index (χ2n) is 7.09. The summed E-state index contributed by atoms with van der Waals surface area (Å²) in [5.41, 5.74) is 0.230. The first-order valence-corrected chi connectivity index (χ1v) is 10.1. The molecule has 2 aromatic rings. The highest BCUT2D eigenvalue weighted by atomic mass is 32.2. The van der Waals surface area contributed by atoms with Gasteiger partial charge in [-0.1, -0.05) is 24.3 Å². The van der Waals surface area contributed by atoms with Gasteiger partial charge >= 0.3 is 0 Å². The number of hydrogen-bond acceptors (Lipinski definition) is 4. The standard InChI is InChI=1S/C19H23NO4S/c1-13(18(21)20-19(2)8-9-25(22,23)12-19)14-4-5-16-11-17(24-3)7-6-15(16)10-14/h4-7,10-11,13H,8-9,12H2,1-3H3,(H,20,21)/t13-,19?/m0/s1. The van der Waals surface area contributed by atoms with Crippen molar-refractivity contribution < 1.29 is 17.9 Å². The fraction of sp³-hybridized carbons (Fsp3) is 0.421. The van der Waals surface area contributed by atoms with Crippen molar-refractivity contribution >= 4 is 26.5 Å². The molecule has 0 bridgehead atoms. The maximum atomic E-state index is 12.6. The molecule has 1 aliphatic heterocycles. The Balaban J connectivity index is 1.79. The molecule has 1 fully saturated rings. The van der Waals surface area contributed by atoms with Crippen LogP contribution in [0.1, 0.15) is 31.7 Å². The number of methoxy groups -OCH3 is 1. The summed E-state index contributed by atoms with van der Waals surface area (Å²) in [7, 11) is -1.42. The summed E-state index contributed by atoms with van der Waals surface area (Å²) in [5, 5.41) is 5.02. The van der Waals surface area contributed by atoms with Gasteiger partial charge in [0.05, 0.1) is 30.1 Å². The Morgan fingerprint density at radius 1 is 1.20 bits per heavy atom. The molecule has 1 saturated heterocycles. The first-order chi connectivity index (χ1) is 11.7. The van der Waals surface area contributed by atoms with Crippen molar-refractivity contribution in [2.75, 3.05) is 18.6 Å². The van der Waals surface area contributed by atoms with Crippen LogP contribution < -0.4 is 10.1 Å². The average Bonchev–Trinajstić information content (AvgIpc) is 2.85. The molecule has 2 aromatic carbocycles. The van der Waals surface area contributed by atoms with Crippen LogP contribution in [0, 0.1) is 0 Å². The second kappa shape index (κ2) is 6.33. The molecule has 25 heavy (non-hydrogen) atoms. The highest BCUT2D eigenvalue weighted by Gasteiger charge is 2.40. The zero-order valence-electron chi connectivity index (χ0n) is 14.7. The molecule has 1 aliphatic rings. The largest absolute Gasteiger partial charge is 0.497 e. The van der Waals surface area contributed by atoms with Gasteiger partial charge in [-0.25, -0.2) is 8.42 Å². The maximum Gasteiger partial charge on any atom is 0.227 e. The van der Waals surface area contributed by atoms with Gasteiger partial charge in [0.15, 0.2) is 9.84 Å². The summed E-state index contributed by atoms with van der Waals surface area (Å²) in [6, 6.07) is 11.7. The van der Waals surface area contributed by atoms with Gasteiger partial charge in [0.1, 0.15) is 5.75 Å². The van der Waals surface area contributed by atoms with Crippen molar-refractivity contribution in [3.05, 3.63) is 42.0 Å². The zero-order valence-corrected chi connectivity index (χ0v) is 15.5. The van der Waals surface area contributed by atoms with E-state index in [9.17, 15) is 13.2 Å². The van der Waals surface area contributed by atoms with Crippen LogP contribution in [-0.2, 0) is 14.6 Å². The number of fused-ring (bicyclic) bond motifs is 1. The predicted octanol–water partition coefficient (Wildman–Crippen LogP) is 2.65. The smallest absolute Gasteiger partial charge is 0.227 e. The minimum absolute atomic E-state index is 0.00990. The number of amides is 1. The Hall–Kier alpha value is -2.08. The van der Waals surface area contributed by atoms with E-state index in [1.54, 1.807) is 14.0 Å². The average molecular weight is 361 g/mol. The Morgan fingerprint density at radius 2 is 1.88 bits per heavy atom. The lowest BCUT2D eigenvalue weighted by atomic mass is 9.94. The molecule has 134 valence electrons. The van der Waals surface area contributed by atoms with Crippen molar-refractivity contribution in [2.24, 2.45) is 0 Å². The van der Waals surface area contributed by atoms with E-state index in [1.165, 1.54) is 0 Å². The number of rotatable bonds is 4. The van der Waals surface area contributed by atoms with Gasteiger partial charge < -0.3 is 10.1 Å². The molecule has 0 radical (unpaired) electrons. The number of hydrogen-bond donors (Lipinski definition) is 1. The Bertz CT molecular complexity index is 922. The van der Waals surface area contributed by atoms with Crippen LogP contribution in [0.3, 0.4) is 0 Å². The fourth-order valence-electron chi connectivity index (χ4n) is 3.30. The van der Waals surface area contributed by atoms with Crippen LogP contribution >= 0.6 is 0 Å². The Kier molecular flexibility index (Phi) is 4.49. The molecule has 0 saturated carbocycles. The number of ether oxygens (including phenoxy) is 1. The third-order valence-electron chi connectivity index (χ3n) is 4.89. The quantitative estimate of drug-likeness (QED) is 0.909.